The number of rotatable bonds is 5. The molecule has 0 aliphatic rings. The van der Waals surface area contributed by atoms with Gasteiger partial charge < -0.3 is 20.3 Å². The normalized spacial score (nSPS) is 10.2. The number of nitrogen functional groups attached to an aromatic ring is 1. The van der Waals surface area contributed by atoms with Crippen molar-refractivity contribution in [3.63, 3.8) is 0 Å². The third-order valence-electron chi connectivity index (χ3n) is 2.79. The van der Waals surface area contributed by atoms with Crippen LogP contribution < -0.4 is 15.2 Å². The summed E-state index contributed by atoms with van der Waals surface area (Å²) in [5.41, 5.74) is 7.28. The van der Waals surface area contributed by atoms with Crippen LogP contribution in [0.5, 0.6) is 17.2 Å². The molecule has 0 bridgehead atoms. The van der Waals surface area contributed by atoms with E-state index in [1.807, 2.05) is 24.3 Å². The predicted molar refractivity (Wildman–Crippen MR) is 74.7 cm³/mol. The number of benzene rings is 2. The molecule has 0 atom stereocenters. The number of anilines is 1. The first-order valence-electron chi connectivity index (χ1n) is 6.04. The maximum Gasteiger partial charge on any atom is 0.145 e. The zero-order valence-electron chi connectivity index (χ0n) is 10.8. The molecule has 0 fully saturated rings. The molecule has 0 aliphatic heterocycles. The molecule has 19 heavy (non-hydrogen) atoms. The second kappa shape index (κ2) is 6.11. The monoisotopic (exact) mass is 259 g/mol. The van der Waals surface area contributed by atoms with Gasteiger partial charge in [-0.25, -0.2) is 0 Å². The lowest BCUT2D eigenvalue weighted by molar-refractivity contribution is 0.298. The molecule has 4 heteroatoms. The Morgan fingerprint density at radius 3 is 2.63 bits per heavy atom. The second-order valence-corrected chi connectivity index (χ2v) is 4.09. The van der Waals surface area contributed by atoms with Gasteiger partial charge in [0.05, 0.1) is 12.8 Å². The summed E-state index contributed by atoms with van der Waals surface area (Å²) in [5, 5.41) is 9.04. The lowest BCUT2D eigenvalue weighted by Gasteiger charge is -2.12. The lowest BCUT2D eigenvalue weighted by Crippen LogP contribution is -1.96. The smallest absolute Gasteiger partial charge is 0.145 e. The Morgan fingerprint density at radius 1 is 1.11 bits per heavy atom. The molecule has 3 N–H and O–H groups in total. The standard InChI is InChI=1S/C15H17NO3/c1-18-15-10-12(6-7-13(15)16)19-14-5-3-2-4-11(14)8-9-17/h2-7,10,17H,8-9,16H2,1H3. The highest BCUT2D eigenvalue weighted by Crippen LogP contribution is 2.31. The Kier molecular flexibility index (Phi) is 4.26. The van der Waals surface area contributed by atoms with Gasteiger partial charge in [0, 0.05) is 12.7 Å². The van der Waals surface area contributed by atoms with E-state index in [4.69, 9.17) is 20.3 Å². The molecule has 0 heterocycles. The van der Waals surface area contributed by atoms with Gasteiger partial charge in [0.25, 0.3) is 0 Å². The molecule has 2 rings (SSSR count). The average molecular weight is 259 g/mol. The van der Waals surface area contributed by atoms with Crippen LogP contribution in [0.1, 0.15) is 5.56 Å². The van der Waals surface area contributed by atoms with E-state index in [1.54, 1.807) is 25.3 Å². The van der Waals surface area contributed by atoms with Crippen molar-refractivity contribution in [3.05, 3.63) is 48.0 Å². The third-order valence-corrected chi connectivity index (χ3v) is 2.79. The molecule has 0 radical (unpaired) electrons. The minimum absolute atomic E-state index is 0.0887. The van der Waals surface area contributed by atoms with Crippen LogP contribution in [0.25, 0.3) is 0 Å². The van der Waals surface area contributed by atoms with Crippen molar-refractivity contribution in [2.45, 2.75) is 6.42 Å². The van der Waals surface area contributed by atoms with Gasteiger partial charge in [-0.05, 0) is 30.2 Å². The van der Waals surface area contributed by atoms with Gasteiger partial charge in [-0.15, -0.1) is 0 Å². The van der Waals surface area contributed by atoms with Crippen LogP contribution in [-0.2, 0) is 6.42 Å². The van der Waals surface area contributed by atoms with Gasteiger partial charge in [0.2, 0.25) is 0 Å². The number of methoxy groups -OCH3 is 1. The van der Waals surface area contributed by atoms with Gasteiger partial charge in [-0.2, -0.15) is 0 Å². The first-order valence-corrected chi connectivity index (χ1v) is 6.04. The molecule has 0 unspecified atom stereocenters. The zero-order valence-corrected chi connectivity index (χ0v) is 10.8. The fourth-order valence-corrected chi connectivity index (χ4v) is 1.81. The fourth-order valence-electron chi connectivity index (χ4n) is 1.81. The van der Waals surface area contributed by atoms with Crippen molar-refractivity contribution in [1.29, 1.82) is 0 Å². The number of hydrogen-bond donors (Lipinski definition) is 2. The summed E-state index contributed by atoms with van der Waals surface area (Å²) in [6.07, 6.45) is 0.558. The molecule has 0 aliphatic carbocycles. The van der Waals surface area contributed by atoms with Crippen LogP contribution in [0.2, 0.25) is 0 Å². The van der Waals surface area contributed by atoms with Crippen molar-refractivity contribution in [2.24, 2.45) is 0 Å². The Labute approximate surface area is 112 Å². The van der Waals surface area contributed by atoms with E-state index < -0.39 is 0 Å². The molecule has 0 saturated carbocycles. The molecular formula is C15H17NO3. The molecule has 0 amide bonds. The van der Waals surface area contributed by atoms with Gasteiger partial charge in [0.1, 0.15) is 17.2 Å². The average Bonchev–Trinajstić information content (AvgIpc) is 2.43. The van der Waals surface area contributed by atoms with Crippen LogP contribution in [0.4, 0.5) is 5.69 Å². The SMILES string of the molecule is COc1cc(Oc2ccccc2CCO)ccc1N. The van der Waals surface area contributed by atoms with E-state index in [0.29, 0.717) is 23.6 Å². The molecular weight excluding hydrogens is 242 g/mol. The van der Waals surface area contributed by atoms with Crippen LogP contribution in [-0.4, -0.2) is 18.8 Å². The summed E-state index contributed by atoms with van der Waals surface area (Å²) in [4.78, 5) is 0. The number of ether oxygens (including phenoxy) is 2. The highest BCUT2D eigenvalue weighted by atomic mass is 16.5. The Bertz CT molecular complexity index is 555. The number of para-hydroxylation sites is 1. The second-order valence-electron chi connectivity index (χ2n) is 4.09. The maximum atomic E-state index is 9.04. The van der Waals surface area contributed by atoms with Gasteiger partial charge in [-0.3, -0.25) is 0 Å². The summed E-state index contributed by atoms with van der Waals surface area (Å²) in [6, 6.07) is 12.9. The van der Waals surface area contributed by atoms with Crippen molar-refractivity contribution < 1.29 is 14.6 Å². The first kappa shape index (κ1) is 13.2. The summed E-state index contributed by atoms with van der Waals surface area (Å²) < 4.78 is 11.0. The molecule has 2 aromatic rings. The van der Waals surface area contributed by atoms with Gasteiger partial charge in [0.15, 0.2) is 0 Å². The highest BCUT2D eigenvalue weighted by Gasteiger charge is 2.06. The lowest BCUT2D eigenvalue weighted by atomic mass is 10.1. The number of aliphatic hydroxyl groups excluding tert-OH is 1. The topological polar surface area (TPSA) is 64.7 Å². The molecule has 4 nitrogen and oxygen atoms in total. The van der Waals surface area contributed by atoms with Crippen LogP contribution in [0, 0.1) is 0 Å². The van der Waals surface area contributed by atoms with Gasteiger partial charge in [-0.1, -0.05) is 18.2 Å². The molecule has 100 valence electrons. The minimum atomic E-state index is 0.0887. The third kappa shape index (κ3) is 3.17. The summed E-state index contributed by atoms with van der Waals surface area (Å²) >= 11 is 0. The highest BCUT2D eigenvalue weighted by molar-refractivity contribution is 5.56. The predicted octanol–water partition coefficient (Wildman–Crippen LogP) is 2.60. The summed E-state index contributed by atoms with van der Waals surface area (Å²) in [7, 11) is 1.56. The van der Waals surface area contributed by atoms with Crippen LogP contribution in [0.3, 0.4) is 0 Å². The van der Waals surface area contributed by atoms with Crippen molar-refractivity contribution in [1.82, 2.24) is 0 Å². The quantitative estimate of drug-likeness (QED) is 0.810. The fraction of sp³-hybridized carbons (Fsp3) is 0.200. The molecule has 0 aromatic heterocycles. The number of nitrogens with two attached hydrogens (primary N) is 1. The van der Waals surface area contributed by atoms with E-state index >= 15 is 0 Å². The van der Waals surface area contributed by atoms with Crippen LogP contribution >= 0.6 is 0 Å². The zero-order chi connectivity index (χ0) is 13.7. The van der Waals surface area contributed by atoms with Crippen LogP contribution in [0.15, 0.2) is 42.5 Å². The summed E-state index contributed by atoms with van der Waals surface area (Å²) in [6.45, 7) is 0.0887. The Balaban J connectivity index is 2.26. The Hall–Kier alpha value is -2.20. The van der Waals surface area contributed by atoms with Crippen molar-refractivity contribution in [2.75, 3.05) is 19.5 Å². The minimum Gasteiger partial charge on any atom is -0.494 e. The van der Waals surface area contributed by atoms with Crippen molar-refractivity contribution in [3.8, 4) is 17.2 Å². The molecule has 0 saturated heterocycles. The first-order chi connectivity index (χ1) is 9.24. The molecule has 0 spiro atoms. The number of aliphatic hydroxyl groups is 1. The van der Waals surface area contributed by atoms with E-state index in [1.165, 1.54) is 0 Å². The van der Waals surface area contributed by atoms with Crippen molar-refractivity contribution >= 4 is 5.69 Å². The maximum absolute atomic E-state index is 9.04. The Morgan fingerprint density at radius 2 is 1.89 bits per heavy atom. The number of hydrogen-bond acceptors (Lipinski definition) is 4. The van der Waals surface area contributed by atoms with E-state index in [2.05, 4.69) is 0 Å². The summed E-state index contributed by atoms with van der Waals surface area (Å²) in [5.74, 6) is 1.96. The largest absolute Gasteiger partial charge is 0.494 e. The molecule has 2 aromatic carbocycles. The van der Waals surface area contributed by atoms with E-state index in [-0.39, 0.29) is 6.61 Å². The van der Waals surface area contributed by atoms with E-state index in [9.17, 15) is 0 Å². The van der Waals surface area contributed by atoms with Gasteiger partial charge >= 0.3 is 0 Å². The van der Waals surface area contributed by atoms with E-state index in [0.717, 1.165) is 11.3 Å².